The van der Waals surface area contributed by atoms with E-state index in [2.05, 4.69) is 16.8 Å². The van der Waals surface area contributed by atoms with Gasteiger partial charge < -0.3 is 15.4 Å². The molecular formula is C18H23N3O2. The van der Waals surface area contributed by atoms with Crippen LogP contribution in [-0.4, -0.2) is 30.1 Å². The maximum atomic E-state index is 11.7. The smallest absolute Gasteiger partial charge is 0.252 e. The number of amides is 1. The monoisotopic (exact) mass is 313 g/mol. The molecule has 1 aromatic carbocycles. The molecule has 1 amide bonds. The lowest BCUT2D eigenvalue weighted by molar-refractivity contribution is 0.0995. The Morgan fingerprint density at radius 3 is 2.83 bits per heavy atom. The Morgan fingerprint density at radius 1 is 1.43 bits per heavy atom. The van der Waals surface area contributed by atoms with E-state index in [1.165, 1.54) is 6.42 Å². The second kappa shape index (κ2) is 6.07. The summed E-state index contributed by atoms with van der Waals surface area (Å²) in [7, 11) is 0. The van der Waals surface area contributed by atoms with Gasteiger partial charge in [-0.05, 0) is 49.8 Å². The van der Waals surface area contributed by atoms with E-state index in [-0.39, 0.29) is 6.10 Å². The molecule has 3 rings (SSSR count). The van der Waals surface area contributed by atoms with E-state index in [0.717, 1.165) is 29.7 Å². The van der Waals surface area contributed by atoms with Gasteiger partial charge in [-0.1, -0.05) is 6.92 Å². The average molecular weight is 313 g/mol. The van der Waals surface area contributed by atoms with Gasteiger partial charge in [-0.15, -0.1) is 0 Å². The minimum absolute atomic E-state index is 0.0301. The van der Waals surface area contributed by atoms with Crippen LogP contribution in [0.3, 0.4) is 0 Å². The van der Waals surface area contributed by atoms with Crippen molar-refractivity contribution in [1.29, 1.82) is 0 Å². The van der Waals surface area contributed by atoms with Gasteiger partial charge in [0.05, 0.1) is 11.7 Å². The number of hydrogen-bond acceptors (Lipinski definition) is 4. The second-order valence-electron chi connectivity index (χ2n) is 6.57. The van der Waals surface area contributed by atoms with Crippen LogP contribution >= 0.6 is 0 Å². The molecule has 122 valence electrons. The standard InChI is InChI=1S/C18H23N3O2/c1-11(2)23-16-9-14-13(8-15(16)17(19)22)4-6-20-18(14)21-7-5-12(3)10-21/h4,6,8-9,11-12H,5,7,10H2,1-3H3,(H2,19,22). The highest BCUT2D eigenvalue weighted by Crippen LogP contribution is 2.33. The van der Waals surface area contributed by atoms with Crippen molar-refractivity contribution < 1.29 is 9.53 Å². The molecule has 1 aliphatic rings. The van der Waals surface area contributed by atoms with E-state index < -0.39 is 5.91 Å². The van der Waals surface area contributed by atoms with Crippen molar-refractivity contribution in [3.8, 4) is 5.75 Å². The summed E-state index contributed by atoms with van der Waals surface area (Å²) in [4.78, 5) is 18.6. The number of nitrogens with zero attached hydrogens (tertiary/aromatic N) is 2. The summed E-state index contributed by atoms with van der Waals surface area (Å²) in [6.07, 6.45) is 2.93. The van der Waals surface area contributed by atoms with Gasteiger partial charge in [-0.3, -0.25) is 4.79 Å². The molecule has 0 spiro atoms. The fraction of sp³-hybridized carbons (Fsp3) is 0.444. The predicted molar refractivity (Wildman–Crippen MR) is 92.0 cm³/mol. The number of anilines is 1. The first-order valence-electron chi connectivity index (χ1n) is 8.10. The number of pyridine rings is 1. The second-order valence-corrected chi connectivity index (χ2v) is 6.57. The summed E-state index contributed by atoms with van der Waals surface area (Å²) in [5.74, 6) is 1.68. The molecule has 23 heavy (non-hydrogen) atoms. The zero-order valence-corrected chi connectivity index (χ0v) is 13.9. The van der Waals surface area contributed by atoms with Crippen molar-refractivity contribution in [3.05, 3.63) is 30.0 Å². The average Bonchev–Trinajstić information content (AvgIpc) is 2.91. The van der Waals surface area contributed by atoms with Crippen LogP contribution in [-0.2, 0) is 0 Å². The van der Waals surface area contributed by atoms with Crippen molar-refractivity contribution in [1.82, 2.24) is 4.98 Å². The van der Waals surface area contributed by atoms with Gasteiger partial charge in [0.2, 0.25) is 0 Å². The predicted octanol–water partition coefficient (Wildman–Crippen LogP) is 2.97. The Bertz CT molecular complexity index is 742. The summed E-state index contributed by atoms with van der Waals surface area (Å²) in [5, 5.41) is 1.96. The molecule has 0 radical (unpaired) electrons. The van der Waals surface area contributed by atoms with Crippen LogP contribution < -0.4 is 15.4 Å². The van der Waals surface area contributed by atoms with Crippen LogP contribution in [0.1, 0.15) is 37.6 Å². The van der Waals surface area contributed by atoms with Crippen molar-refractivity contribution in [2.45, 2.75) is 33.3 Å². The van der Waals surface area contributed by atoms with Crippen LogP contribution in [0.2, 0.25) is 0 Å². The number of benzene rings is 1. The molecule has 1 saturated heterocycles. The molecular weight excluding hydrogens is 290 g/mol. The van der Waals surface area contributed by atoms with Gasteiger partial charge in [-0.25, -0.2) is 4.98 Å². The number of fused-ring (bicyclic) bond motifs is 1. The zero-order valence-electron chi connectivity index (χ0n) is 13.9. The van der Waals surface area contributed by atoms with Gasteiger partial charge in [-0.2, -0.15) is 0 Å². The third-order valence-corrected chi connectivity index (χ3v) is 4.20. The lowest BCUT2D eigenvalue weighted by Crippen LogP contribution is -2.21. The summed E-state index contributed by atoms with van der Waals surface area (Å²) in [5.41, 5.74) is 5.93. The zero-order chi connectivity index (χ0) is 16.6. The highest BCUT2D eigenvalue weighted by molar-refractivity contribution is 6.03. The summed E-state index contributed by atoms with van der Waals surface area (Å²) < 4.78 is 5.81. The number of rotatable bonds is 4. The number of aromatic nitrogens is 1. The van der Waals surface area contributed by atoms with Gasteiger partial charge in [0.15, 0.2) is 0 Å². The summed E-state index contributed by atoms with van der Waals surface area (Å²) in [6.45, 7) is 8.13. The van der Waals surface area contributed by atoms with Gasteiger partial charge >= 0.3 is 0 Å². The highest BCUT2D eigenvalue weighted by Gasteiger charge is 2.22. The first kappa shape index (κ1) is 15.6. The van der Waals surface area contributed by atoms with Crippen LogP contribution in [0.5, 0.6) is 5.75 Å². The minimum Gasteiger partial charge on any atom is -0.490 e. The summed E-state index contributed by atoms with van der Waals surface area (Å²) >= 11 is 0. The van der Waals surface area contributed by atoms with Gasteiger partial charge in [0, 0.05) is 24.7 Å². The van der Waals surface area contributed by atoms with Crippen molar-refractivity contribution in [2.24, 2.45) is 11.7 Å². The van der Waals surface area contributed by atoms with Gasteiger partial charge in [0.25, 0.3) is 5.91 Å². The first-order chi connectivity index (χ1) is 11.0. The van der Waals surface area contributed by atoms with Gasteiger partial charge in [0.1, 0.15) is 11.6 Å². The van der Waals surface area contributed by atoms with Crippen LogP contribution in [0.4, 0.5) is 5.82 Å². The molecule has 1 unspecified atom stereocenters. The maximum absolute atomic E-state index is 11.7. The number of carbonyl (C=O) groups excluding carboxylic acids is 1. The Labute approximate surface area is 136 Å². The topological polar surface area (TPSA) is 68.5 Å². The van der Waals surface area contributed by atoms with Crippen molar-refractivity contribution in [3.63, 3.8) is 0 Å². The van der Waals surface area contributed by atoms with E-state index in [1.54, 1.807) is 12.3 Å². The molecule has 1 aromatic heterocycles. The molecule has 2 aromatic rings. The maximum Gasteiger partial charge on any atom is 0.252 e. The molecule has 5 nitrogen and oxygen atoms in total. The van der Waals surface area contributed by atoms with Crippen molar-refractivity contribution >= 4 is 22.5 Å². The van der Waals surface area contributed by atoms with E-state index in [0.29, 0.717) is 17.2 Å². The molecule has 0 saturated carbocycles. The lowest BCUT2D eigenvalue weighted by Gasteiger charge is -2.20. The van der Waals surface area contributed by atoms with Crippen LogP contribution in [0.15, 0.2) is 24.4 Å². The largest absolute Gasteiger partial charge is 0.490 e. The van der Waals surface area contributed by atoms with E-state index in [4.69, 9.17) is 10.5 Å². The van der Waals surface area contributed by atoms with Crippen LogP contribution in [0, 0.1) is 5.92 Å². The molecule has 2 heterocycles. The molecule has 1 atom stereocenters. The number of nitrogens with two attached hydrogens (primary N) is 1. The Hall–Kier alpha value is -2.30. The molecule has 0 bridgehead atoms. The minimum atomic E-state index is -0.476. The number of ether oxygens (including phenoxy) is 1. The molecule has 1 fully saturated rings. The van der Waals surface area contributed by atoms with E-state index in [1.807, 2.05) is 26.0 Å². The first-order valence-corrected chi connectivity index (χ1v) is 8.10. The Kier molecular flexibility index (Phi) is 4.11. The molecule has 0 aliphatic carbocycles. The Balaban J connectivity index is 2.14. The molecule has 2 N–H and O–H groups in total. The normalized spacial score (nSPS) is 17.9. The number of primary amides is 1. The highest BCUT2D eigenvalue weighted by atomic mass is 16.5. The van der Waals surface area contributed by atoms with Crippen LogP contribution in [0.25, 0.3) is 10.8 Å². The third-order valence-electron chi connectivity index (χ3n) is 4.20. The third kappa shape index (κ3) is 3.09. The molecule has 5 heteroatoms. The quantitative estimate of drug-likeness (QED) is 0.942. The summed E-state index contributed by atoms with van der Waals surface area (Å²) in [6, 6.07) is 5.62. The molecule has 1 aliphatic heterocycles. The lowest BCUT2D eigenvalue weighted by atomic mass is 10.1. The van der Waals surface area contributed by atoms with Crippen molar-refractivity contribution in [2.75, 3.05) is 18.0 Å². The SMILES string of the molecule is CC1CCN(c2nccc3cc(C(N)=O)c(OC(C)C)cc23)C1. The fourth-order valence-electron chi connectivity index (χ4n) is 3.11. The fourth-order valence-corrected chi connectivity index (χ4v) is 3.11. The van der Waals surface area contributed by atoms with E-state index in [9.17, 15) is 4.79 Å². The number of carbonyl (C=O) groups is 1. The number of hydrogen-bond donors (Lipinski definition) is 1. The Morgan fingerprint density at radius 2 is 2.22 bits per heavy atom. The van der Waals surface area contributed by atoms with E-state index >= 15 is 0 Å².